The van der Waals surface area contributed by atoms with Crippen LogP contribution in [0.5, 0.6) is 0 Å². The summed E-state index contributed by atoms with van der Waals surface area (Å²) in [6.07, 6.45) is 1.70. The van der Waals surface area contributed by atoms with E-state index in [0.29, 0.717) is 16.7 Å². The lowest BCUT2D eigenvalue weighted by Crippen LogP contribution is -2.43. The Labute approximate surface area is 64.3 Å². The molecule has 1 aliphatic heterocycles. The van der Waals surface area contributed by atoms with Gasteiger partial charge in [-0.15, -0.1) is 12.6 Å². The molecule has 1 aliphatic rings. The average Bonchev–Trinajstić information content (AvgIpc) is 1.80. The number of hydrazine groups is 1. The van der Waals surface area contributed by atoms with Crippen LogP contribution in [0.25, 0.3) is 0 Å². The van der Waals surface area contributed by atoms with Gasteiger partial charge in [0, 0.05) is 6.08 Å². The number of hydrogen-bond acceptors (Lipinski definition) is 4. The van der Waals surface area contributed by atoms with Gasteiger partial charge < -0.3 is 5.32 Å². The van der Waals surface area contributed by atoms with Gasteiger partial charge >= 0.3 is 0 Å². The Morgan fingerprint density at radius 2 is 2.56 bits per heavy atom. The molecule has 0 fully saturated rings. The summed E-state index contributed by atoms with van der Waals surface area (Å²) in [5, 5.41) is 5.03. The number of nitrogens with two attached hydrogens (primary N) is 1. The van der Waals surface area contributed by atoms with Crippen LogP contribution in [0.4, 0.5) is 0 Å². The van der Waals surface area contributed by atoms with Gasteiger partial charge in [-0.2, -0.15) is 0 Å². The fourth-order valence-electron chi connectivity index (χ4n) is 0.495. The number of nitrogens with one attached hydrogen (secondary N) is 1. The predicted octanol–water partition coefficient (Wildman–Crippen LogP) is -0.179. The highest BCUT2D eigenvalue weighted by atomic mass is 32.1. The quantitative estimate of drug-likeness (QED) is 0.262. The van der Waals surface area contributed by atoms with Gasteiger partial charge in [0.05, 0.1) is 5.03 Å². The third kappa shape index (κ3) is 1.57. The maximum Gasteiger partial charge on any atom is 0.104 e. The first-order valence-corrected chi connectivity index (χ1v) is 3.26. The van der Waals surface area contributed by atoms with Crippen LogP contribution in [0.2, 0.25) is 0 Å². The number of thiol groups is 1. The van der Waals surface area contributed by atoms with Crippen LogP contribution in [-0.4, -0.2) is 16.7 Å². The fourth-order valence-corrected chi connectivity index (χ4v) is 0.959. The van der Waals surface area contributed by atoms with E-state index in [4.69, 9.17) is 18.1 Å². The molecule has 5 heteroatoms. The molecule has 0 unspecified atom stereocenters. The van der Waals surface area contributed by atoms with Gasteiger partial charge in [-0.3, -0.25) is 5.01 Å². The van der Waals surface area contributed by atoms with E-state index in [-0.39, 0.29) is 0 Å². The molecule has 0 saturated carbocycles. The SMILES string of the molecule is NN1CNC(=S)C=C1S. The molecule has 50 valence electrons. The van der Waals surface area contributed by atoms with Crippen molar-refractivity contribution in [2.24, 2.45) is 5.84 Å². The second-order valence-corrected chi connectivity index (χ2v) is 2.57. The molecule has 0 bridgehead atoms. The maximum atomic E-state index is 5.41. The minimum absolute atomic E-state index is 0.536. The van der Waals surface area contributed by atoms with E-state index in [1.807, 2.05) is 0 Å². The molecule has 0 aromatic carbocycles. The second kappa shape index (κ2) is 2.55. The van der Waals surface area contributed by atoms with Crippen LogP contribution in [0.15, 0.2) is 11.1 Å². The van der Waals surface area contributed by atoms with E-state index in [9.17, 15) is 0 Å². The van der Waals surface area contributed by atoms with E-state index >= 15 is 0 Å². The number of rotatable bonds is 0. The van der Waals surface area contributed by atoms with E-state index in [1.54, 1.807) is 6.08 Å². The van der Waals surface area contributed by atoms with Gasteiger partial charge in [0.1, 0.15) is 11.7 Å². The zero-order valence-corrected chi connectivity index (χ0v) is 6.38. The molecule has 0 aromatic heterocycles. The molecule has 0 aliphatic carbocycles. The normalized spacial score (nSPS) is 19.1. The van der Waals surface area contributed by atoms with Crippen LogP contribution >= 0.6 is 24.8 Å². The van der Waals surface area contributed by atoms with Gasteiger partial charge in [-0.25, -0.2) is 5.84 Å². The van der Waals surface area contributed by atoms with Crippen LogP contribution in [0.1, 0.15) is 0 Å². The predicted molar refractivity (Wildman–Crippen MR) is 43.7 cm³/mol. The standard InChI is InChI=1S/C4H7N3S2/c5-7-2-6-3(8)1-4(7)9/h1,9H,2,5H2,(H,6,8). The first-order chi connectivity index (χ1) is 4.20. The molecule has 0 atom stereocenters. The Morgan fingerprint density at radius 1 is 1.89 bits per heavy atom. The minimum atomic E-state index is 0.536. The Morgan fingerprint density at radius 3 is 3.00 bits per heavy atom. The summed E-state index contributed by atoms with van der Waals surface area (Å²) in [5.41, 5.74) is 0. The third-order valence-electron chi connectivity index (χ3n) is 0.978. The summed E-state index contributed by atoms with van der Waals surface area (Å²) in [4.78, 5) is 0.682. The lowest BCUT2D eigenvalue weighted by molar-refractivity contribution is 0.371. The lowest BCUT2D eigenvalue weighted by atomic mass is 10.5. The number of thiocarbonyl (C=S) groups is 1. The average molecular weight is 161 g/mol. The first-order valence-electron chi connectivity index (χ1n) is 2.41. The van der Waals surface area contributed by atoms with Gasteiger partial charge in [-0.1, -0.05) is 12.2 Å². The Kier molecular flexibility index (Phi) is 1.94. The van der Waals surface area contributed by atoms with Crippen molar-refractivity contribution in [3.63, 3.8) is 0 Å². The molecule has 1 rings (SSSR count). The van der Waals surface area contributed by atoms with E-state index < -0.39 is 0 Å². The second-order valence-electron chi connectivity index (χ2n) is 1.67. The molecule has 0 aromatic rings. The highest BCUT2D eigenvalue weighted by Gasteiger charge is 2.06. The highest BCUT2D eigenvalue weighted by Crippen LogP contribution is 2.05. The summed E-state index contributed by atoms with van der Waals surface area (Å²) in [6, 6.07) is 0. The van der Waals surface area contributed by atoms with Crippen molar-refractivity contribution in [1.29, 1.82) is 0 Å². The smallest absolute Gasteiger partial charge is 0.104 e. The molecule has 3 nitrogen and oxygen atoms in total. The lowest BCUT2D eigenvalue weighted by Gasteiger charge is -2.23. The molecular formula is C4H7N3S2. The minimum Gasteiger partial charge on any atom is -0.358 e. The fraction of sp³-hybridized carbons (Fsp3) is 0.250. The van der Waals surface area contributed by atoms with Crippen LogP contribution in [0.3, 0.4) is 0 Å². The summed E-state index contributed by atoms with van der Waals surface area (Å²) >= 11 is 8.87. The molecule has 9 heavy (non-hydrogen) atoms. The van der Waals surface area contributed by atoms with Crippen LogP contribution < -0.4 is 11.2 Å². The van der Waals surface area contributed by atoms with Gasteiger partial charge in [-0.05, 0) is 0 Å². The zero-order chi connectivity index (χ0) is 6.85. The van der Waals surface area contributed by atoms with E-state index in [2.05, 4.69) is 17.9 Å². The summed E-state index contributed by atoms with van der Waals surface area (Å²) in [6.45, 7) is 0.536. The molecule has 0 amide bonds. The van der Waals surface area contributed by atoms with Crippen molar-refractivity contribution in [3.8, 4) is 0 Å². The van der Waals surface area contributed by atoms with Crippen molar-refractivity contribution in [2.75, 3.05) is 6.67 Å². The maximum absolute atomic E-state index is 5.41. The monoisotopic (exact) mass is 161 g/mol. The molecule has 3 N–H and O–H groups in total. The third-order valence-corrected chi connectivity index (χ3v) is 1.63. The van der Waals surface area contributed by atoms with Gasteiger partial charge in [0.15, 0.2) is 0 Å². The van der Waals surface area contributed by atoms with Gasteiger partial charge in [0.25, 0.3) is 0 Å². The van der Waals surface area contributed by atoms with E-state index in [1.165, 1.54) is 5.01 Å². The Hall–Kier alpha value is -0.260. The highest BCUT2D eigenvalue weighted by molar-refractivity contribution is 7.84. The van der Waals surface area contributed by atoms with Gasteiger partial charge in [0.2, 0.25) is 0 Å². The molecule has 0 saturated heterocycles. The molecular weight excluding hydrogens is 154 g/mol. The van der Waals surface area contributed by atoms with E-state index in [0.717, 1.165) is 0 Å². The van der Waals surface area contributed by atoms with Crippen LogP contribution in [0, 0.1) is 0 Å². The van der Waals surface area contributed by atoms with Crippen molar-refractivity contribution in [2.45, 2.75) is 0 Å². The topological polar surface area (TPSA) is 41.3 Å². The largest absolute Gasteiger partial charge is 0.358 e. The Balaban J connectivity index is 2.72. The molecule has 1 heterocycles. The number of nitrogens with zero attached hydrogens (tertiary/aromatic N) is 1. The van der Waals surface area contributed by atoms with Crippen molar-refractivity contribution >= 4 is 29.8 Å². The summed E-state index contributed by atoms with van der Waals surface area (Å²) in [5.74, 6) is 5.41. The molecule has 0 spiro atoms. The first kappa shape index (κ1) is 6.85. The summed E-state index contributed by atoms with van der Waals surface area (Å²) < 4.78 is 0. The molecule has 0 radical (unpaired) electrons. The van der Waals surface area contributed by atoms with Crippen molar-refractivity contribution in [1.82, 2.24) is 10.3 Å². The Bertz CT molecular complexity index is 165. The number of hydrogen-bond donors (Lipinski definition) is 3. The zero-order valence-electron chi connectivity index (χ0n) is 4.66. The van der Waals surface area contributed by atoms with Crippen molar-refractivity contribution in [3.05, 3.63) is 11.1 Å². The van der Waals surface area contributed by atoms with Crippen molar-refractivity contribution < 1.29 is 0 Å². The van der Waals surface area contributed by atoms with Crippen LogP contribution in [-0.2, 0) is 0 Å². The summed E-state index contributed by atoms with van der Waals surface area (Å²) in [7, 11) is 0.